The maximum absolute atomic E-state index is 12.5. The molecule has 0 bridgehead atoms. The van der Waals surface area contributed by atoms with E-state index in [4.69, 9.17) is 0 Å². The number of rotatable bonds is 7. The SMILES string of the molecule is O=C(NCC1CCCCN1)c1cccc(OCC(F)(F)F)c1OCC(F)(F)F. The summed E-state index contributed by atoms with van der Waals surface area (Å²) in [4.78, 5) is 12.4. The maximum Gasteiger partial charge on any atom is 0.422 e. The maximum atomic E-state index is 12.5. The summed E-state index contributed by atoms with van der Waals surface area (Å²) in [5.74, 6) is -2.04. The number of hydrogen-bond acceptors (Lipinski definition) is 4. The molecule has 28 heavy (non-hydrogen) atoms. The van der Waals surface area contributed by atoms with Crippen LogP contribution < -0.4 is 20.1 Å². The van der Waals surface area contributed by atoms with Gasteiger partial charge in [-0.25, -0.2) is 0 Å². The summed E-state index contributed by atoms with van der Waals surface area (Å²) in [6.45, 7) is -2.48. The minimum atomic E-state index is -4.74. The van der Waals surface area contributed by atoms with E-state index >= 15 is 0 Å². The van der Waals surface area contributed by atoms with Gasteiger partial charge in [-0.3, -0.25) is 4.79 Å². The van der Waals surface area contributed by atoms with Crippen molar-refractivity contribution in [1.82, 2.24) is 10.6 Å². The van der Waals surface area contributed by atoms with Gasteiger partial charge in [0.05, 0.1) is 5.56 Å². The molecule has 11 heteroatoms. The molecule has 1 unspecified atom stereocenters. The lowest BCUT2D eigenvalue weighted by molar-refractivity contribution is -0.158. The second-order valence-corrected chi connectivity index (χ2v) is 6.30. The van der Waals surface area contributed by atoms with Gasteiger partial charge in [0.15, 0.2) is 24.7 Å². The molecule has 1 heterocycles. The summed E-state index contributed by atoms with van der Waals surface area (Å²) in [6.07, 6.45) is -6.62. The van der Waals surface area contributed by atoms with E-state index < -0.39 is 43.0 Å². The second-order valence-electron chi connectivity index (χ2n) is 6.30. The third-order valence-corrected chi connectivity index (χ3v) is 3.92. The van der Waals surface area contributed by atoms with Crippen molar-refractivity contribution < 1.29 is 40.6 Å². The van der Waals surface area contributed by atoms with Crippen molar-refractivity contribution in [2.75, 3.05) is 26.3 Å². The predicted molar refractivity (Wildman–Crippen MR) is 87.5 cm³/mol. The lowest BCUT2D eigenvalue weighted by Gasteiger charge is -2.24. The van der Waals surface area contributed by atoms with E-state index in [2.05, 4.69) is 20.1 Å². The highest BCUT2D eigenvalue weighted by molar-refractivity contribution is 5.97. The number of para-hydroxylation sites is 1. The minimum Gasteiger partial charge on any atom is -0.480 e. The third kappa shape index (κ3) is 7.45. The molecule has 1 atom stereocenters. The molecular formula is C17H20F6N2O3. The molecule has 158 valence electrons. The van der Waals surface area contributed by atoms with Gasteiger partial charge in [-0.2, -0.15) is 26.3 Å². The Balaban J connectivity index is 2.16. The average Bonchev–Trinajstić information content (AvgIpc) is 2.62. The van der Waals surface area contributed by atoms with Crippen LogP contribution in [-0.2, 0) is 0 Å². The molecule has 0 spiro atoms. The van der Waals surface area contributed by atoms with E-state index in [9.17, 15) is 31.1 Å². The van der Waals surface area contributed by atoms with Gasteiger partial charge in [0.25, 0.3) is 5.91 Å². The summed E-state index contributed by atoms with van der Waals surface area (Å²) < 4.78 is 83.9. The number of piperidine rings is 1. The van der Waals surface area contributed by atoms with Crippen molar-refractivity contribution in [2.45, 2.75) is 37.7 Å². The molecule has 1 amide bonds. The summed E-state index contributed by atoms with van der Waals surface area (Å²) in [5.41, 5.74) is -0.334. The predicted octanol–water partition coefficient (Wildman–Crippen LogP) is 3.44. The molecule has 1 aromatic carbocycles. The Morgan fingerprint density at radius 1 is 1.07 bits per heavy atom. The van der Waals surface area contributed by atoms with E-state index in [0.717, 1.165) is 37.9 Å². The molecule has 1 aliphatic rings. The fourth-order valence-electron chi connectivity index (χ4n) is 2.68. The standard InChI is InChI=1S/C17H20F6N2O3/c18-16(19,20)9-27-13-6-3-5-12(14(13)28-10-17(21,22)23)15(26)25-8-11-4-1-2-7-24-11/h3,5-6,11,24H,1-2,4,7-10H2,(H,25,26). The number of amides is 1. The smallest absolute Gasteiger partial charge is 0.422 e. The number of alkyl halides is 6. The van der Waals surface area contributed by atoms with E-state index in [1.165, 1.54) is 6.07 Å². The summed E-state index contributed by atoms with van der Waals surface area (Å²) in [7, 11) is 0. The fourth-order valence-corrected chi connectivity index (χ4v) is 2.68. The topological polar surface area (TPSA) is 59.6 Å². The highest BCUT2D eigenvalue weighted by Crippen LogP contribution is 2.34. The van der Waals surface area contributed by atoms with Gasteiger partial charge < -0.3 is 20.1 Å². The Labute approximate surface area is 157 Å². The van der Waals surface area contributed by atoms with Crippen molar-refractivity contribution in [3.8, 4) is 11.5 Å². The first kappa shape index (κ1) is 22.1. The van der Waals surface area contributed by atoms with Crippen LogP contribution in [0.3, 0.4) is 0 Å². The van der Waals surface area contributed by atoms with E-state index in [-0.39, 0.29) is 18.2 Å². The zero-order valence-corrected chi connectivity index (χ0v) is 14.8. The van der Waals surface area contributed by atoms with Gasteiger partial charge in [-0.15, -0.1) is 0 Å². The quantitative estimate of drug-likeness (QED) is 0.672. The van der Waals surface area contributed by atoms with Gasteiger partial charge in [0, 0.05) is 12.6 Å². The molecule has 1 saturated heterocycles. The van der Waals surface area contributed by atoms with Crippen molar-refractivity contribution >= 4 is 5.91 Å². The molecule has 0 saturated carbocycles. The van der Waals surface area contributed by atoms with Crippen LogP contribution >= 0.6 is 0 Å². The highest BCUT2D eigenvalue weighted by atomic mass is 19.4. The highest BCUT2D eigenvalue weighted by Gasteiger charge is 2.32. The summed E-state index contributed by atoms with van der Waals surface area (Å²) in [6, 6.07) is 3.40. The van der Waals surface area contributed by atoms with Crippen LogP contribution in [-0.4, -0.2) is 50.6 Å². The Bertz CT molecular complexity index is 657. The number of ether oxygens (including phenoxy) is 2. The number of carbonyl (C=O) groups excluding carboxylic acids is 1. The number of benzene rings is 1. The van der Waals surface area contributed by atoms with E-state index in [1.807, 2.05) is 0 Å². The van der Waals surface area contributed by atoms with Crippen LogP contribution in [0, 0.1) is 0 Å². The molecule has 5 nitrogen and oxygen atoms in total. The lowest BCUT2D eigenvalue weighted by atomic mass is 10.0. The molecule has 2 rings (SSSR count). The van der Waals surface area contributed by atoms with Crippen LogP contribution in [0.5, 0.6) is 11.5 Å². The van der Waals surface area contributed by atoms with Crippen LogP contribution in [0.15, 0.2) is 18.2 Å². The first-order chi connectivity index (χ1) is 13.1. The molecule has 1 aliphatic heterocycles. The van der Waals surface area contributed by atoms with Crippen LogP contribution in [0.25, 0.3) is 0 Å². The van der Waals surface area contributed by atoms with Gasteiger partial charge in [-0.05, 0) is 31.5 Å². The molecule has 0 aromatic heterocycles. The second kappa shape index (κ2) is 9.35. The van der Waals surface area contributed by atoms with E-state index in [1.54, 1.807) is 0 Å². The van der Waals surface area contributed by atoms with Gasteiger partial charge in [0.1, 0.15) is 0 Å². The lowest BCUT2D eigenvalue weighted by Crippen LogP contribution is -2.43. The Morgan fingerprint density at radius 3 is 2.36 bits per heavy atom. The van der Waals surface area contributed by atoms with Crippen LogP contribution in [0.2, 0.25) is 0 Å². The molecule has 1 fully saturated rings. The Kier molecular flexibility index (Phi) is 7.39. The molecule has 0 aliphatic carbocycles. The normalized spacial score (nSPS) is 17.9. The van der Waals surface area contributed by atoms with Crippen molar-refractivity contribution in [1.29, 1.82) is 0 Å². The van der Waals surface area contributed by atoms with Gasteiger partial charge in [0.2, 0.25) is 0 Å². The number of hydrogen-bond donors (Lipinski definition) is 2. The summed E-state index contributed by atoms with van der Waals surface area (Å²) in [5, 5.41) is 5.75. The zero-order chi connectivity index (χ0) is 20.8. The zero-order valence-electron chi connectivity index (χ0n) is 14.8. The van der Waals surface area contributed by atoms with Gasteiger partial charge >= 0.3 is 12.4 Å². The van der Waals surface area contributed by atoms with Crippen LogP contribution in [0.1, 0.15) is 29.6 Å². The Morgan fingerprint density at radius 2 is 1.75 bits per heavy atom. The Hall–Kier alpha value is -2.17. The molecule has 0 radical (unpaired) electrons. The molecule has 1 aromatic rings. The number of carbonyl (C=O) groups is 1. The largest absolute Gasteiger partial charge is 0.480 e. The number of halogens is 6. The average molecular weight is 414 g/mol. The first-order valence-corrected chi connectivity index (χ1v) is 8.59. The summed E-state index contributed by atoms with van der Waals surface area (Å²) >= 11 is 0. The third-order valence-electron chi connectivity index (χ3n) is 3.92. The van der Waals surface area contributed by atoms with E-state index in [0.29, 0.717) is 0 Å². The molecular weight excluding hydrogens is 394 g/mol. The van der Waals surface area contributed by atoms with Crippen molar-refractivity contribution in [3.05, 3.63) is 23.8 Å². The monoisotopic (exact) mass is 414 g/mol. The minimum absolute atomic E-state index is 0.0157. The number of nitrogens with one attached hydrogen (secondary N) is 2. The fraction of sp³-hybridized carbons (Fsp3) is 0.588. The van der Waals surface area contributed by atoms with Gasteiger partial charge in [-0.1, -0.05) is 12.5 Å². The van der Waals surface area contributed by atoms with Crippen molar-refractivity contribution in [3.63, 3.8) is 0 Å². The van der Waals surface area contributed by atoms with Crippen LogP contribution in [0.4, 0.5) is 26.3 Å². The molecule has 2 N–H and O–H groups in total. The van der Waals surface area contributed by atoms with Crippen molar-refractivity contribution in [2.24, 2.45) is 0 Å². The first-order valence-electron chi connectivity index (χ1n) is 8.59.